The quantitative estimate of drug-likeness (QED) is 0.811. The van der Waals surface area contributed by atoms with Gasteiger partial charge in [-0.2, -0.15) is 0 Å². The van der Waals surface area contributed by atoms with Crippen molar-refractivity contribution in [2.45, 2.75) is 0 Å². The van der Waals surface area contributed by atoms with Gasteiger partial charge in [-0.15, -0.1) is 0 Å². The molecule has 3 rings (SSSR count). The van der Waals surface area contributed by atoms with Crippen LogP contribution in [0.4, 0.5) is 5.69 Å². The van der Waals surface area contributed by atoms with Gasteiger partial charge in [0.25, 0.3) is 0 Å². The number of ether oxygens (including phenoxy) is 1. The first kappa shape index (κ1) is 10.4. The van der Waals surface area contributed by atoms with Gasteiger partial charge in [-0.25, -0.2) is 0 Å². The van der Waals surface area contributed by atoms with E-state index in [1.54, 1.807) is 6.07 Å². The van der Waals surface area contributed by atoms with Crippen molar-refractivity contribution in [3.8, 4) is 5.75 Å². The van der Waals surface area contributed by atoms with E-state index in [1.807, 2.05) is 12.1 Å². The molecule has 0 aliphatic carbocycles. The average molecular weight is 230 g/mol. The van der Waals surface area contributed by atoms with Gasteiger partial charge < -0.3 is 14.7 Å². The molecule has 2 heterocycles. The minimum Gasteiger partial charge on any atom is -0.506 e. The number of anilines is 1. The molecule has 4 heteroatoms. The van der Waals surface area contributed by atoms with Crippen LogP contribution in [0.1, 0.15) is 0 Å². The molecule has 1 aromatic heterocycles. The summed E-state index contributed by atoms with van der Waals surface area (Å²) in [5.41, 5.74) is 2.05. The van der Waals surface area contributed by atoms with Gasteiger partial charge in [0.15, 0.2) is 0 Å². The lowest BCUT2D eigenvalue weighted by Gasteiger charge is -2.29. The van der Waals surface area contributed by atoms with Crippen molar-refractivity contribution < 1.29 is 9.84 Å². The molecule has 1 aliphatic heterocycles. The van der Waals surface area contributed by atoms with Crippen molar-refractivity contribution >= 4 is 16.6 Å². The van der Waals surface area contributed by atoms with Crippen molar-refractivity contribution in [3.63, 3.8) is 0 Å². The van der Waals surface area contributed by atoms with Gasteiger partial charge in [-0.1, -0.05) is 12.1 Å². The van der Waals surface area contributed by atoms with Crippen molar-refractivity contribution in [1.82, 2.24) is 4.98 Å². The number of hydrogen-bond donors (Lipinski definition) is 1. The molecule has 0 bridgehead atoms. The van der Waals surface area contributed by atoms with Gasteiger partial charge in [-0.3, -0.25) is 4.98 Å². The Bertz CT molecular complexity index is 536. The largest absolute Gasteiger partial charge is 0.506 e. The second-order valence-electron chi connectivity index (χ2n) is 4.14. The molecule has 1 saturated heterocycles. The van der Waals surface area contributed by atoms with Crippen LogP contribution in [0.5, 0.6) is 5.75 Å². The van der Waals surface area contributed by atoms with Crippen molar-refractivity contribution in [3.05, 3.63) is 30.5 Å². The second kappa shape index (κ2) is 4.22. The van der Waals surface area contributed by atoms with E-state index < -0.39 is 0 Å². The Morgan fingerprint density at radius 2 is 2.06 bits per heavy atom. The average Bonchev–Trinajstić information content (AvgIpc) is 2.39. The van der Waals surface area contributed by atoms with E-state index >= 15 is 0 Å². The van der Waals surface area contributed by atoms with Crippen LogP contribution >= 0.6 is 0 Å². The van der Waals surface area contributed by atoms with E-state index in [2.05, 4.69) is 16.0 Å². The Balaban J connectivity index is 2.09. The molecule has 1 fully saturated rings. The minimum absolute atomic E-state index is 0.205. The summed E-state index contributed by atoms with van der Waals surface area (Å²) in [6.45, 7) is 3.30. The maximum absolute atomic E-state index is 9.44. The fourth-order valence-electron chi connectivity index (χ4n) is 2.19. The number of nitrogens with zero attached hydrogens (tertiary/aromatic N) is 2. The Hall–Kier alpha value is -1.81. The summed E-state index contributed by atoms with van der Waals surface area (Å²) in [5.74, 6) is 0.205. The number of hydrogen-bond acceptors (Lipinski definition) is 4. The Morgan fingerprint density at radius 3 is 2.88 bits per heavy atom. The third-order valence-electron chi connectivity index (χ3n) is 3.03. The van der Waals surface area contributed by atoms with Crippen LogP contribution in [0.25, 0.3) is 10.9 Å². The number of benzene rings is 1. The van der Waals surface area contributed by atoms with Crippen molar-refractivity contribution in [2.24, 2.45) is 0 Å². The van der Waals surface area contributed by atoms with Gasteiger partial charge in [-0.05, 0) is 12.1 Å². The third-order valence-corrected chi connectivity index (χ3v) is 3.03. The first-order chi connectivity index (χ1) is 8.34. The highest BCUT2D eigenvalue weighted by Gasteiger charge is 2.14. The lowest BCUT2D eigenvalue weighted by molar-refractivity contribution is 0.123. The second-order valence-corrected chi connectivity index (χ2v) is 4.14. The highest BCUT2D eigenvalue weighted by Crippen LogP contribution is 2.27. The molecule has 0 saturated carbocycles. The zero-order valence-electron chi connectivity index (χ0n) is 9.47. The van der Waals surface area contributed by atoms with Gasteiger partial charge in [0.1, 0.15) is 5.75 Å². The molecular weight excluding hydrogens is 216 g/mol. The lowest BCUT2D eigenvalue weighted by Crippen LogP contribution is -2.36. The van der Waals surface area contributed by atoms with Crippen molar-refractivity contribution in [1.29, 1.82) is 0 Å². The molecule has 1 aromatic carbocycles. The first-order valence-corrected chi connectivity index (χ1v) is 5.75. The maximum atomic E-state index is 9.44. The zero-order valence-corrected chi connectivity index (χ0v) is 9.47. The van der Waals surface area contributed by atoms with Crippen LogP contribution in [0.15, 0.2) is 30.5 Å². The predicted molar refractivity (Wildman–Crippen MR) is 66.4 cm³/mol. The minimum atomic E-state index is 0.205. The molecule has 17 heavy (non-hydrogen) atoms. The molecule has 0 spiro atoms. The Kier molecular flexibility index (Phi) is 2.57. The van der Waals surface area contributed by atoms with E-state index in [0.29, 0.717) is 0 Å². The number of rotatable bonds is 1. The number of aromatic hydroxyl groups is 1. The molecule has 88 valence electrons. The van der Waals surface area contributed by atoms with E-state index in [4.69, 9.17) is 4.74 Å². The highest BCUT2D eigenvalue weighted by molar-refractivity contribution is 5.91. The number of para-hydroxylation sites is 1. The summed E-state index contributed by atoms with van der Waals surface area (Å²) in [5, 5.41) is 10.4. The predicted octanol–water partition coefficient (Wildman–Crippen LogP) is 1.78. The van der Waals surface area contributed by atoms with Crippen LogP contribution in [0.3, 0.4) is 0 Å². The summed E-state index contributed by atoms with van der Waals surface area (Å²) in [6.07, 6.45) is 1.49. The summed E-state index contributed by atoms with van der Waals surface area (Å²) in [6, 6.07) is 7.77. The van der Waals surface area contributed by atoms with Gasteiger partial charge in [0, 0.05) is 18.5 Å². The smallest absolute Gasteiger partial charge is 0.134 e. The maximum Gasteiger partial charge on any atom is 0.134 e. The van der Waals surface area contributed by atoms with Gasteiger partial charge >= 0.3 is 0 Å². The van der Waals surface area contributed by atoms with Gasteiger partial charge in [0.2, 0.25) is 0 Å². The third kappa shape index (κ3) is 1.91. The van der Waals surface area contributed by atoms with Crippen LogP contribution in [-0.2, 0) is 4.74 Å². The number of pyridine rings is 1. The van der Waals surface area contributed by atoms with Gasteiger partial charge in [0.05, 0.1) is 30.6 Å². The molecule has 0 atom stereocenters. The fourth-order valence-corrected chi connectivity index (χ4v) is 2.19. The summed E-state index contributed by atoms with van der Waals surface area (Å²) < 4.78 is 5.35. The van der Waals surface area contributed by atoms with Crippen LogP contribution in [0.2, 0.25) is 0 Å². The zero-order chi connectivity index (χ0) is 11.7. The van der Waals surface area contributed by atoms with Crippen LogP contribution < -0.4 is 4.90 Å². The lowest BCUT2D eigenvalue weighted by atomic mass is 10.1. The van der Waals surface area contributed by atoms with E-state index in [-0.39, 0.29) is 5.75 Å². The van der Waals surface area contributed by atoms with E-state index in [9.17, 15) is 5.11 Å². The van der Waals surface area contributed by atoms with Crippen LogP contribution in [0, 0.1) is 0 Å². The SMILES string of the molecule is Oc1cnc2c(N3CCOCC3)cccc2c1. The Morgan fingerprint density at radius 1 is 1.24 bits per heavy atom. The summed E-state index contributed by atoms with van der Waals surface area (Å²) >= 11 is 0. The molecule has 1 N–H and O–H groups in total. The molecule has 4 nitrogen and oxygen atoms in total. The molecule has 0 radical (unpaired) electrons. The number of fused-ring (bicyclic) bond motifs is 1. The number of morpholine rings is 1. The molecule has 0 amide bonds. The topological polar surface area (TPSA) is 45.6 Å². The molecule has 0 unspecified atom stereocenters. The van der Waals surface area contributed by atoms with E-state index in [1.165, 1.54) is 6.20 Å². The first-order valence-electron chi connectivity index (χ1n) is 5.75. The number of aromatic nitrogens is 1. The fraction of sp³-hybridized carbons (Fsp3) is 0.308. The highest BCUT2D eigenvalue weighted by atomic mass is 16.5. The molecule has 1 aliphatic rings. The summed E-state index contributed by atoms with van der Waals surface area (Å²) in [7, 11) is 0. The van der Waals surface area contributed by atoms with Crippen molar-refractivity contribution in [2.75, 3.05) is 31.2 Å². The van der Waals surface area contributed by atoms with E-state index in [0.717, 1.165) is 42.9 Å². The summed E-state index contributed by atoms with van der Waals surface area (Å²) in [4.78, 5) is 6.60. The standard InChI is InChI=1S/C13H14N2O2/c16-11-8-10-2-1-3-12(13(10)14-9-11)15-4-6-17-7-5-15/h1-3,8-9,16H,4-7H2. The monoisotopic (exact) mass is 230 g/mol. The Labute approximate surface area is 99.5 Å². The molecule has 2 aromatic rings. The molecular formula is C13H14N2O2. The normalized spacial score (nSPS) is 16.4. The van der Waals surface area contributed by atoms with Crippen LogP contribution in [-0.4, -0.2) is 36.4 Å².